The molecule has 2 aromatic rings. The molecule has 0 aliphatic heterocycles. The van der Waals surface area contributed by atoms with E-state index in [0.717, 1.165) is 18.4 Å². The standard InChI is InChI=1S/C15H18N4O2S/c1-22(21)15-17-16-11-18(15)10-14(20)19(13-7-8-13)9-12-5-3-2-4-6-12/h2-6,11,13H,7-10H2,1H3/t22-/m0/s1. The van der Waals surface area contributed by atoms with Gasteiger partial charge in [-0.1, -0.05) is 30.3 Å². The predicted octanol–water partition coefficient (Wildman–Crippen LogP) is 1.21. The Kier molecular flexibility index (Phi) is 4.33. The number of amides is 1. The second-order valence-electron chi connectivity index (χ2n) is 5.43. The van der Waals surface area contributed by atoms with Crippen LogP contribution in [0.3, 0.4) is 0 Å². The highest BCUT2D eigenvalue weighted by atomic mass is 32.2. The molecule has 3 rings (SSSR count). The fourth-order valence-corrected chi connectivity index (χ4v) is 3.00. The summed E-state index contributed by atoms with van der Waals surface area (Å²) in [6, 6.07) is 10.3. The zero-order valence-electron chi connectivity index (χ0n) is 12.4. The number of carbonyl (C=O) groups is 1. The molecule has 1 aliphatic rings. The summed E-state index contributed by atoms with van der Waals surface area (Å²) in [5.74, 6) is 0.0119. The van der Waals surface area contributed by atoms with Crippen molar-refractivity contribution in [3.05, 3.63) is 42.2 Å². The van der Waals surface area contributed by atoms with Crippen LogP contribution in [0.4, 0.5) is 0 Å². The van der Waals surface area contributed by atoms with Crippen LogP contribution in [0.2, 0.25) is 0 Å². The van der Waals surface area contributed by atoms with E-state index >= 15 is 0 Å². The Morgan fingerprint density at radius 1 is 1.36 bits per heavy atom. The van der Waals surface area contributed by atoms with Gasteiger partial charge in [0.05, 0.1) is 10.8 Å². The number of hydrogen-bond donors (Lipinski definition) is 0. The number of carbonyl (C=O) groups excluding carboxylic acids is 1. The van der Waals surface area contributed by atoms with Crippen LogP contribution in [-0.4, -0.2) is 42.1 Å². The van der Waals surface area contributed by atoms with Gasteiger partial charge in [0.2, 0.25) is 11.1 Å². The molecule has 1 fully saturated rings. The van der Waals surface area contributed by atoms with Crippen molar-refractivity contribution in [2.45, 2.75) is 37.1 Å². The summed E-state index contributed by atoms with van der Waals surface area (Å²) in [6.07, 6.45) is 5.09. The Balaban J connectivity index is 1.73. The van der Waals surface area contributed by atoms with Crippen LogP contribution >= 0.6 is 0 Å². The first-order chi connectivity index (χ1) is 10.6. The van der Waals surface area contributed by atoms with Gasteiger partial charge in [-0.05, 0) is 18.4 Å². The maximum Gasteiger partial charge on any atom is 0.243 e. The minimum absolute atomic E-state index is 0.0119. The van der Waals surface area contributed by atoms with Crippen molar-refractivity contribution >= 4 is 16.7 Å². The van der Waals surface area contributed by atoms with Crippen LogP contribution in [0.15, 0.2) is 41.8 Å². The quantitative estimate of drug-likeness (QED) is 0.803. The third kappa shape index (κ3) is 3.41. The lowest BCUT2D eigenvalue weighted by Crippen LogP contribution is -2.35. The average Bonchev–Trinajstić information content (AvgIpc) is 3.24. The van der Waals surface area contributed by atoms with Crippen molar-refractivity contribution in [2.24, 2.45) is 0 Å². The Hall–Kier alpha value is -2.02. The van der Waals surface area contributed by atoms with Crippen LogP contribution in [0.5, 0.6) is 0 Å². The van der Waals surface area contributed by atoms with Gasteiger partial charge in [0, 0.05) is 18.8 Å². The molecular weight excluding hydrogens is 300 g/mol. The minimum Gasteiger partial charge on any atom is -0.334 e. The van der Waals surface area contributed by atoms with E-state index in [1.807, 2.05) is 35.2 Å². The Morgan fingerprint density at radius 2 is 2.09 bits per heavy atom. The largest absolute Gasteiger partial charge is 0.334 e. The molecule has 1 aromatic carbocycles. The number of rotatable bonds is 6. The molecule has 22 heavy (non-hydrogen) atoms. The van der Waals surface area contributed by atoms with E-state index in [9.17, 15) is 9.00 Å². The zero-order valence-corrected chi connectivity index (χ0v) is 13.2. The molecule has 0 N–H and O–H groups in total. The molecular formula is C15H18N4O2S. The Morgan fingerprint density at radius 3 is 2.73 bits per heavy atom. The van der Waals surface area contributed by atoms with Gasteiger partial charge in [-0.3, -0.25) is 13.6 Å². The topological polar surface area (TPSA) is 68.1 Å². The smallest absolute Gasteiger partial charge is 0.243 e. The molecule has 116 valence electrons. The van der Waals surface area contributed by atoms with Gasteiger partial charge in [-0.25, -0.2) is 0 Å². The van der Waals surface area contributed by atoms with Crippen molar-refractivity contribution in [2.75, 3.05) is 6.26 Å². The molecule has 6 nitrogen and oxygen atoms in total. The van der Waals surface area contributed by atoms with Gasteiger partial charge in [0.1, 0.15) is 12.9 Å². The molecule has 1 heterocycles. The molecule has 7 heteroatoms. The third-order valence-electron chi connectivity index (χ3n) is 3.65. The van der Waals surface area contributed by atoms with Crippen molar-refractivity contribution in [3.8, 4) is 0 Å². The van der Waals surface area contributed by atoms with E-state index in [-0.39, 0.29) is 12.5 Å². The van der Waals surface area contributed by atoms with E-state index in [4.69, 9.17) is 0 Å². The van der Waals surface area contributed by atoms with Crippen molar-refractivity contribution in [1.82, 2.24) is 19.7 Å². The summed E-state index contributed by atoms with van der Waals surface area (Å²) >= 11 is 0. The van der Waals surface area contributed by atoms with Gasteiger partial charge in [-0.15, -0.1) is 10.2 Å². The highest BCUT2D eigenvalue weighted by Crippen LogP contribution is 2.28. The van der Waals surface area contributed by atoms with Crippen LogP contribution in [-0.2, 0) is 28.7 Å². The first kappa shape index (κ1) is 14.9. The minimum atomic E-state index is -1.25. The molecule has 1 atom stereocenters. The number of hydrogen-bond acceptors (Lipinski definition) is 4. The number of benzene rings is 1. The van der Waals surface area contributed by atoms with Gasteiger partial charge in [0.25, 0.3) is 0 Å². The van der Waals surface area contributed by atoms with Crippen LogP contribution in [0, 0.1) is 0 Å². The highest BCUT2D eigenvalue weighted by Gasteiger charge is 2.32. The summed E-state index contributed by atoms with van der Waals surface area (Å²) in [5.41, 5.74) is 1.12. The molecule has 1 aliphatic carbocycles. The summed E-state index contributed by atoms with van der Waals surface area (Å²) in [4.78, 5) is 14.5. The molecule has 0 unspecified atom stereocenters. The number of nitrogens with zero attached hydrogens (tertiary/aromatic N) is 4. The summed E-state index contributed by atoms with van der Waals surface area (Å²) < 4.78 is 13.1. The van der Waals surface area contributed by atoms with Crippen LogP contribution in [0.1, 0.15) is 18.4 Å². The predicted molar refractivity (Wildman–Crippen MR) is 82.4 cm³/mol. The van der Waals surface area contributed by atoms with Gasteiger partial charge in [0.15, 0.2) is 0 Å². The normalized spacial score (nSPS) is 15.5. The molecule has 1 aromatic heterocycles. The molecule has 0 radical (unpaired) electrons. The third-order valence-corrected chi connectivity index (χ3v) is 4.48. The molecule has 0 saturated heterocycles. The number of aromatic nitrogens is 3. The SMILES string of the molecule is C[S@](=O)c1nncn1CC(=O)N(Cc1ccccc1)C1CC1. The molecule has 1 saturated carbocycles. The van der Waals surface area contributed by atoms with Crippen LogP contribution in [0.25, 0.3) is 0 Å². The van der Waals surface area contributed by atoms with E-state index in [0.29, 0.717) is 17.7 Å². The lowest BCUT2D eigenvalue weighted by Gasteiger charge is -2.23. The summed E-state index contributed by atoms with van der Waals surface area (Å²) in [7, 11) is -1.25. The second-order valence-corrected chi connectivity index (χ2v) is 6.71. The van der Waals surface area contributed by atoms with E-state index in [2.05, 4.69) is 10.2 Å². The lowest BCUT2D eigenvalue weighted by atomic mass is 10.2. The van der Waals surface area contributed by atoms with Gasteiger partial charge < -0.3 is 4.90 Å². The van der Waals surface area contributed by atoms with E-state index in [1.54, 1.807) is 4.57 Å². The first-order valence-corrected chi connectivity index (χ1v) is 8.75. The fourth-order valence-electron chi connectivity index (χ4n) is 2.40. The maximum atomic E-state index is 12.6. The average molecular weight is 318 g/mol. The lowest BCUT2D eigenvalue weighted by molar-refractivity contribution is -0.133. The molecule has 0 bridgehead atoms. The van der Waals surface area contributed by atoms with E-state index < -0.39 is 10.8 Å². The second kappa shape index (κ2) is 6.39. The Bertz CT molecular complexity index is 682. The fraction of sp³-hybridized carbons (Fsp3) is 0.400. The Labute approximate surface area is 131 Å². The van der Waals surface area contributed by atoms with Gasteiger partial charge in [-0.2, -0.15) is 0 Å². The van der Waals surface area contributed by atoms with Gasteiger partial charge >= 0.3 is 0 Å². The zero-order chi connectivity index (χ0) is 15.5. The van der Waals surface area contributed by atoms with E-state index in [1.165, 1.54) is 12.6 Å². The van der Waals surface area contributed by atoms with Crippen molar-refractivity contribution in [1.29, 1.82) is 0 Å². The monoisotopic (exact) mass is 318 g/mol. The summed E-state index contributed by atoms with van der Waals surface area (Å²) in [5, 5.41) is 7.90. The van der Waals surface area contributed by atoms with Crippen LogP contribution < -0.4 is 0 Å². The first-order valence-electron chi connectivity index (χ1n) is 7.20. The maximum absolute atomic E-state index is 12.6. The highest BCUT2D eigenvalue weighted by molar-refractivity contribution is 7.84. The molecule has 1 amide bonds. The molecule has 0 spiro atoms. The summed E-state index contributed by atoms with van der Waals surface area (Å²) in [6.45, 7) is 0.738. The van der Waals surface area contributed by atoms with Crippen molar-refractivity contribution in [3.63, 3.8) is 0 Å². The van der Waals surface area contributed by atoms with Crippen molar-refractivity contribution < 1.29 is 9.00 Å².